The number of piperazine rings is 1. The fourth-order valence-corrected chi connectivity index (χ4v) is 9.14. The van der Waals surface area contributed by atoms with Crippen molar-refractivity contribution >= 4 is 44.5 Å². The summed E-state index contributed by atoms with van der Waals surface area (Å²) in [6.07, 6.45) is 2.38. The molecular formula is C35H38BrF3N6O2. The van der Waals surface area contributed by atoms with E-state index in [-0.39, 0.29) is 5.54 Å². The molecule has 0 amide bonds. The standard InChI is InChI=1S/C33H37BrN6O.C2HF3O/c34-28-7-1-5-22-6-2-8-29(30(22)28)38-16-11-25-27(20-38)26(17-35)32(41-21-33-12-3-14-39(33)15-4-13-33)37-31(25)40-23-9-10-24(40)19-36-18-23;3-2(4,5)1-6/h1-2,5-8,23-24,36H,3-4,9-16,18-21H2;1H/t23-,24+;. The molecule has 5 aliphatic heterocycles. The number of aromatic nitrogens is 1. The summed E-state index contributed by atoms with van der Waals surface area (Å²) in [5, 5.41) is 16.7. The average Bonchev–Trinajstić information content (AvgIpc) is 3.73. The largest absolute Gasteiger partial charge is 0.475 e. The van der Waals surface area contributed by atoms with Gasteiger partial charge < -0.3 is 19.9 Å². The molecule has 2 aromatic carbocycles. The smallest absolute Gasteiger partial charge is 0.446 e. The molecule has 0 saturated carbocycles. The Morgan fingerprint density at radius 1 is 1.06 bits per heavy atom. The number of benzene rings is 2. The first-order valence-electron chi connectivity index (χ1n) is 16.5. The first-order chi connectivity index (χ1) is 22.7. The molecule has 47 heavy (non-hydrogen) atoms. The molecule has 8 rings (SSSR count). The van der Waals surface area contributed by atoms with Crippen molar-refractivity contribution in [3.8, 4) is 11.9 Å². The van der Waals surface area contributed by atoms with Gasteiger partial charge in [-0.25, -0.2) is 0 Å². The number of hydrogen-bond donors (Lipinski definition) is 1. The zero-order chi connectivity index (χ0) is 32.8. The minimum atomic E-state index is -4.64. The second kappa shape index (κ2) is 12.9. The third-order valence-corrected chi connectivity index (χ3v) is 11.3. The maximum atomic E-state index is 10.6. The van der Waals surface area contributed by atoms with Gasteiger partial charge in [0, 0.05) is 64.9 Å². The van der Waals surface area contributed by atoms with Gasteiger partial charge in [-0.1, -0.05) is 40.2 Å². The predicted molar refractivity (Wildman–Crippen MR) is 178 cm³/mol. The second-order valence-corrected chi connectivity index (χ2v) is 14.1. The minimum absolute atomic E-state index is 0.111. The van der Waals surface area contributed by atoms with Crippen LogP contribution in [0.5, 0.6) is 5.88 Å². The van der Waals surface area contributed by atoms with Crippen LogP contribution >= 0.6 is 15.9 Å². The lowest BCUT2D eigenvalue weighted by molar-refractivity contribution is -0.156. The molecule has 248 valence electrons. The number of halogens is 4. The van der Waals surface area contributed by atoms with Crippen molar-refractivity contribution in [2.24, 2.45) is 0 Å². The van der Waals surface area contributed by atoms with Crippen LogP contribution in [-0.2, 0) is 17.8 Å². The molecule has 2 atom stereocenters. The Balaban J connectivity index is 0.000000538. The molecule has 1 aromatic heterocycles. The topological polar surface area (TPSA) is 84.7 Å². The maximum absolute atomic E-state index is 10.6. The van der Waals surface area contributed by atoms with Gasteiger partial charge in [-0.15, -0.1) is 0 Å². The number of rotatable bonds is 5. The van der Waals surface area contributed by atoms with Crippen molar-refractivity contribution in [3.63, 3.8) is 0 Å². The highest BCUT2D eigenvalue weighted by atomic mass is 79.9. The summed E-state index contributed by atoms with van der Waals surface area (Å²) in [6, 6.07) is 16.4. The van der Waals surface area contributed by atoms with E-state index in [1.165, 1.54) is 60.5 Å². The lowest BCUT2D eigenvalue weighted by Gasteiger charge is -2.40. The van der Waals surface area contributed by atoms with Crippen LogP contribution < -0.4 is 19.9 Å². The van der Waals surface area contributed by atoms with E-state index in [4.69, 9.17) is 14.5 Å². The van der Waals surface area contributed by atoms with E-state index in [9.17, 15) is 18.4 Å². The van der Waals surface area contributed by atoms with E-state index in [0.717, 1.165) is 55.0 Å². The van der Waals surface area contributed by atoms with E-state index in [2.05, 4.69) is 78.4 Å². The van der Waals surface area contributed by atoms with Gasteiger partial charge >= 0.3 is 6.18 Å². The van der Waals surface area contributed by atoms with Crippen LogP contribution in [0.3, 0.4) is 0 Å². The zero-order valence-electron chi connectivity index (χ0n) is 26.2. The summed E-state index contributed by atoms with van der Waals surface area (Å²) in [6.45, 7) is 6.53. The molecule has 5 aliphatic rings. The van der Waals surface area contributed by atoms with Crippen LogP contribution in [0, 0.1) is 11.3 Å². The molecule has 3 aromatic rings. The van der Waals surface area contributed by atoms with Gasteiger partial charge in [0.1, 0.15) is 24.1 Å². The lowest BCUT2D eigenvalue weighted by atomic mass is 9.93. The van der Waals surface area contributed by atoms with Gasteiger partial charge in [0.25, 0.3) is 0 Å². The number of nitrogens with one attached hydrogen (secondary N) is 1. The first kappa shape index (κ1) is 32.2. The van der Waals surface area contributed by atoms with E-state index in [1.54, 1.807) is 0 Å². The van der Waals surface area contributed by atoms with Crippen molar-refractivity contribution in [1.29, 1.82) is 5.26 Å². The summed E-state index contributed by atoms with van der Waals surface area (Å²) in [5.41, 5.74) is 4.31. The third-order valence-electron chi connectivity index (χ3n) is 10.7. The van der Waals surface area contributed by atoms with Gasteiger partial charge in [-0.3, -0.25) is 9.69 Å². The number of alkyl halides is 3. The molecule has 4 fully saturated rings. The number of carbonyl (C=O) groups is 1. The van der Waals surface area contributed by atoms with Crippen LogP contribution in [0.4, 0.5) is 24.7 Å². The highest BCUT2D eigenvalue weighted by molar-refractivity contribution is 9.10. The highest BCUT2D eigenvalue weighted by Crippen LogP contribution is 2.44. The van der Waals surface area contributed by atoms with Gasteiger partial charge in [-0.2, -0.15) is 23.4 Å². The Morgan fingerprint density at radius 2 is 1.74 bits per heavy atom. The number of hydrogen-bond acceptors (Lipinski definition) is 8. The minimum Gasteiger partial charge on any atom is -0.475 e. The molecule has 0 aliphatic carbocycles. The molecule has 8 nitrogen and oxygen atoms in total. The number of pyridine rings is 1. The average molecular weight is 712 g/mol. The molecule has 4 saturated heterocycles. The SMILES string of the molecule is N#Cc1c(OCC23CCCN2CCC3)nc(N2[C@@H]3CC[C@H]2CNC3)c2c1CN(c1cccc3cccc(Br)c13)CC2.O=CC(F)(F)F. The third kappa shape index (κ3) is 6.07. The highest BCUT2D eigenvalue weighted by Gasteiger charge is 2.46. The van der Waals surface area contributed by atoms with Gasteiger partial charge in [0.2, 0.25) is 12.2 Å². The Morgan fingerprint density at radius 3 is 2.40 bits per heavy atom. The van der Waals surface area contributed by atoms with E-state index in [1.807, 2.05) is 0 Å². The van der Waals surface area contributed by atoms with E-state index >= 15 is 0 Å². The number of fused-ring (bicyclic) bond motifs is 5. The van der Waals surface area contributed by atoms with Crippen molar-refractivity contribution < 1.29 is 22.7 Å². The van der Waals surface area contributed by atoms with Crippen LogP contribution in [0.25, 0.3) is 10.8 Å². The quantitative estimate of drug-likeness (QED) is 0.317. The van der Waals surface area contributed by atoms with Crippen LogP contribution in [0.1, 0.15) is 55.2 Å². The van der Waals surface area contributed by atoms with E-state index < -0.39 is 12.5 Å². The number of carbonyl (C=O) groups excluding carboxylic acids is 1. The van der Waals surface area contributed by atoms with Gasteiger partial charge in [0.05, 0.1) is 5.54 Å². The Hall–Kier alpha value is -3.40. The summed E-state index contributed by atoms with van der Waals surface area (Å²) >= 11 is 3.82. The van der Waals surface area contributed by atoms with Gasteiger partial charge in [0.15, 0.2) is 0 Å². The van der Waals surface area contributed by atoms with Crippen LogP contribution in [0.2, 0.25) is 0 Å². The molecule has 0 spiro atoms. The first-order valence-corrected chi connectivity index (χ1v) is 17.3. The Kier molecular flexibility index (Phi) is 8.83. The fraction of sp³-hybridized carbons (Fsp3) is 0.514. The number of anilines is 2. The predicted octanol–water partition coefficient (Wildman–Crippen LogP) is 6.13. The second-order valence-electron chi connectivity index (χ2n) is 13.3. The summed E-state index contributed by atoms with van der Waals surface area (Å²) < 4.78 is 39.0. The lowest BCUT2D eigenvalue weighted by Crippen LogP contribution is -2.53. The normalized spacial score (nSPS) is 23.1. The molecular weight excluding hydrogens is 673 g/mol. The van der Waals surface area contributed by atoms with Crippen molar-refractivity contribution in [2.75, 3.05) is 49.1 Å². The number of aldehydes is 1. The number of ether oxygens (including phenoxy) is 1. The maximum Gasteiger partial charge on any atom is 0.446 e. The summed E-state index contributed by atoms with van der Waals surface area (Å²) in [5.74, 6) is 1.63. The fourth-order valence-electron chi connectivity index (χ4n) is 8.55. The number of nitriles is 1. The van der Waals surface area contributed by atoms with Crippen molar-refractivity contribution in [2.45, 2.75) is 75.3 Å². The van der Waals surface area contributed by atoms with Crippen LogP contribution in [0.15, 0.2) is 40.9 Å². The van der Waals surface area contributed by atoms with Gasteiger partial charge in [-0.05, 0) is 75.6 Å². The molecule has 12 heteroatoms. The van der Waals surface area contributed by atoms with Crippen molar-refractivity contribution in [3.05, 3.63) is 57.6 Å². The zero-order valence-corrected chi connectivity index (χ0v) is 27.7. The molecule has 6 heterocycles. The van der Waals surface area contributed by atoms with Crippen molar-refractivity contribution in [1.82, 2.24) is 15.2 Å². The van der Waals surface area contributed by atoms with Crippen LogP contribution in [-0.4, -0.2) is 79.3 Å². The summed E-state index contributed by atoms with van der Waals surface area (Å²) in [4.78, 5) is 21.6. The molecule has 0 radical (unpaired) electrons. The van der Waals surface area contributed by atoms with E-state index in [0.29, 0.717) is 36.7 Å². The molecule has 0 unspecified atom stereocenters. The molecule has 2 bridgehead atoms. The summed E-state index contributed by atoms with van der Waals surface area (Å²) in [7, 11) is 0. The monoisotopic (exact) mass is 710 g/mol. The Labute approximate surface area is 281 Å². The molecule has 1 N–H and O–H groups in total. The number of nitrogens with zero attached hydrogens (tertiary/aromatic N) is 5. The Bertz CT molecular complexity index is 1680.